The molecule has 0 amide bonds. The van der Waals surface area contributed by atoms with Gasteiger partial charge in [-0.05, 0) is 90.6 Å². The summed E-state index contributed by atoms with van der Waals surface area (Å²) in [6.45, 7) is 23.3. The molecule has 2 rings (SSSR count). The van der Waals surface area contributed by atoms with E-state index in [0.717, 1.165) is 52.0 Å². The van der Waals surface area contributed by atoms with Crippen LogP contribution in [0.25, 0.3) is 0 Å². The first kappa shape index (κ1) is 27.1. The van der Waals surface area contributed by atoms with Gasteiger partial charge in [-0.15, -0.1) is 0 Å². The Morgan fingerprint density at radius 1 is 1.12 bits per heavy atom. The maximum atomic E-state index is 12.7. The van der Waals surface area contributed by atoms with E-state index in [9.17, 15) is 4.79 Å². The van der Waals surface area contributed by atoms with Crippen LogP contribution in [0.2, 0.25) is 0 Å². The Hall–Kier alpha value is -1.19. The maximum absolute atomic E-state index is 12.7. The van der Waals surface area contributed by atoms with Crippen molar-refractivity contribution in [2.45, 2.75) is 87.5 Å². The van der Waals surface area contributed by atoms with E-state index in [1.54, 1.807) is 5.57 Å². The molecule has 0 aliphatic heterocycles. The number of nitrogens with zero attached hydrogens (tertiary/aromatic N) is 1. The second-order valence-corrected chi connectivity index (χ2v) is 11.7. The minimum absolute atomic E-state index is 0.204. The van der Waals surface area contributed by atoms with Crippen LogP contribution in [0.15, 0.2) is 34.9 Å². The number of nitrogens with one attached hydrogen (secondary N) is 1. The normalized spacial score (nSPS) is 27.0. The molecule has 0 spiro atoms. The predicted octanol–water partition coefficient (Wildman–Crippen LogP) is 6.57. The van der Waals surface area contributed by atoms with Gasteiger partial charge in [0.05, 0.1) is 0 Å². The predicted molar refractivity (Wildman–Crippen MR) is 139 cm³/mol. The largest absolute Gasteiger partial charge is 0.313 e. The highest BCUT2D eigenvalue weighted by Crippen LogP contribution is 2.58. The Balaban J connectivity index is 2.05. The fraction of sp³-hybridized carbons (Fsp3) is 0.759. The van der Waals surface area contributed by atoms with Gasteiger partial charge in [0.15, 0.2) is 0 Å². The van der Waals surface area contributed by atoms with E-state index in [4.69, 9.17) is 0 Å². The molecular weight excluding hydrogens is 392 g/mol. The summed E-state index contributed by atoms with van der Waals surface area (Å²) in [5.41, 5.74) is 4.32. The molecule has 2 aliphatic carbocycles. The van der Waals surface area contributed by atoms with Crippen LogP contribution in [0.4, 0.5) is 0 Å². The van der Waals surface area contributed by atoms with Crippen molar-refractivity contribution >= 4 is 5.78 Å². The van der Waals surface area contributed by atoms with Crippen LogP contribution >= 0.6 is 0 Å². The van der Waals surface area contributed by atoms with Crippen molar-refractivity contribution in [2.75, 3.05) is 32.7 Å². The van der Waals surface area contributed by atoms with E-state index in [-0.39, 0.29) is 10.8 Å². The summed E-state index contributed by atoms with van der Waals surface area (Å²) >= 11 is 0. The molecule has 0 aromatic rings. The molecule has 0 unspecified atom stereocenters. The number of rotatable bonds is 11. The second-order valence-electron chi connectivity index (χ2n) is 11.7. The van der Waals surface area contributed by atoms with Crippen molar-refractivity contribution < 1.29 is 4.79 Å². The Labute approximate surface area is 198 Å². The zero-order chi connectivity index (χ0) is 23.9. The molecule has 0 radical (unpaired) electrons. The molecule has 2 aliphatic rings. The fourth-order valence-corrected chi connectivity index (χ4v) is 5.99. The number of unbranched alkanes of at least 4 members (excludes halogenated alkanes) is 1. The van der Waals surface area contributed by atoms with Gasteiger partial charge >= 0.3 is 0 Å². The summed E-state index contributed by atoms with van der Waals surface area (Å²) in [5.74, 6) is 1.46. The van der Waals surface area contributed by atoms with Crippen molar-refractivity contribution in [1.29, 1.82) is 0 Å². The van der Waals surface area contributed by atoms with Crippen LogP contribution in [0.5, 0.6) is 0 Å². The molecule has 0 bridgehead atoms. The average Bonchev–Trinajstić information content (AvgIpc) is 2.70. The molecule has 0 saturated heterocycles. The molecule has 0 heterocycles. The van der Waals surface area contributed by atoms with Crippen molar-refractivity contribution in [1.82, 2.24) is 10.2 Å². The van der Waals surface area contributed by atoms with Gasteiger partial charge in [-0.3, -0.25) is 9.69 Å². The molecular formula is C29H50N2O. The van der Waals surface area contributed by atoms with Gasteiger partial charge < -0.3 is 5.32 Å². The Morgan fingerprint density at radius 3 is 2.47 bits per heavy atom. The third kappa shape index (κ3) is 6.90. The third-order valence-corrected chi connectivity index (χ3v) is 8.23. The summed E-state index contributed by atoms with van der Waals surface area (Å²) in [7, 11) is 0. The number of carbonyl (C=O) groups is 1. The second kappa shape index (κ2) is 11.8. The quantitative estimate of drug-likeness (QED) is 0.290. The number of hydrogen-bond donors (Lipinski definition) is 1. The molecule has 1 saturated carbocycles. The first-order valence-corrected chi connectivity index (χ1v) is 12.9. The lowest BCUT2D eigenvalue weighted by molar-refractivity contribution is -0.143. The molecule has 0 aromatic carbocycles. The molecule has 3 heteroatoms. The zero-order valence-corrected chi connectivity index (χ0v) is 22.3. The molecule has 3 atom stereocenters. The highest BCUT2D eigenvalue weighted by atomic mass is 16.1. The molecule has 1 fully saturated rings. The number of Topliss-reactive ketones (excluding diaryl/α,β-unsaturated/α-hetero) is 1. The fourth-order valence-electron chi connectivity index (χ4n) is 5.99. The summed E-state index contributed by atoms with van der Waals surface area (Å²) in [6, 6.07) is 0. The topological polar surface area (TPSA) is 32.3 Å². The van der Waals surface area contributed by atoms with Crippen LogP contribution in [0.1, 0.15) is 87.5 Å². The van der Waals surface area contributed by atoms with Crippen LogP contribution < -0.4 is 5.32 Å². The Bertz CT molecular complexity index is 721. The highest BCUT2D eigenvalue weighted by Gasteiger charge is 2.55. The van der Waals surface area contributed by atoms with E-state index in [1.165, 1.54) is 24.0 Å². The van der Waals surface area contributed by atoms with Crippen LogP contribution in [0, 0.1) is 22.7 Å². The van der Waals surface area contributed by atoms with Crippen LogP contribution in [-0.2, 0) is 4.79 Å². The summed E-state index contributed by atoms with van der Waals surface area (Å²) < 4.78 is 0. The van der Waals surface area contributed by atoms with Crippen molar-refractivity contribution in [3.8, 4) is 0 Å². The summed E-state index contributed by atoms with van der Waals surface area (Å²) in [6.07, 6.45) is 12.4. The molecule has 32 heavy (non-hydrogen) atoms. The number of fused-ring (bicyclic) bond motifs is 1. The van der Waals surface area contributed by atoms with Crippen molar-refractivity contribution in [3.63, 3.8) is 0 Å². The minimum Gasteiger partial charge on any atom is -0.313 e. The van der Waals surface area contributed by atoms with Crippen molar-refractivity contribution in [2.24, 2.45) is 22.7 Å². The van der Waals surface area contributed by atoms with Gasteiger partial charge in [0, 0.05) is 31.5 Å². The van der Waals surface area contributed by atoms with Crippen LogP contribution in [-0.4, -0.2) is 43.4 Å². The van der Waals surface area contributed by atoms with E-state index in [1.807, 2.05) is 0 Å². The monoisotopic (exact) mass is 442 g/mol. The molecule has 1 N–H and O–H groups in total. The zero-order valence-electron chi connectivity index (χ0n) is 22.3. The van der Waals surface area contributed by atoms with Gasteiger partial charge in [-0.2, -0.15) is 0 Å². The molecule has 3 nitrogen and oxygen atoms in total. The van der Waals surface area contributed by atoms with Gasteiger partial charge in [0.1, 0.15) is 5.78 Å². The first-order chi connectivity index (χ1) is 15.0. The lowest BCUT2D eigenvalue weighted by Crippen LogP contribution is -2.54. The summed E-state index contributed by atoms with van der Waals surface area (Å²) in [5, 5.41) is 3.54. The van der Waals surface area contributed by atoms with Gasteiger partial charge in [0.2, 0.25) is 0 Å². The lowest BCUT2D eigenvalue weighted by atomic mass is 9.48. The summed E-state index contributed by atoms with van der Waals surface area (Å²) in [4.78, 5) is 15.4. The van der Waals surface area contributed by atoms with E-state index >= 15 is 0 Å². The number of carbonyl (C=O) groups excluding carboxylic acids is 1. The SMILES string of the molecule is CC(C)=CCNCCCCN(CC=C(C)C)C[C@H]1C(C)=CC[C@H]2C(C)(C)C(=O)CC[C@]12C. The Kier molecular flexibility index (Phi) is 9.97. The van der Waals surface area contributed by atoms with Gasteiger partial charge in [-0.1, -0.05) is 55.7 Å². The number of ketones is 1. The highest BCUT2D eigenvalue weighted by molar-refractivity contribution is 5.85. The smallest absolute Gasteiger partial charge is 0.138 e. The molecule has 0 aromatic heterocycles. The van der Waals surface area contributed by atoms with E-state index in [0.29, 0.717) is 17.6 Å². The van der Waals surface area contributed by atoms with Gasteiger partial charge in [-0.25, -0.2) is 0 Å². The standard InChI is InChI=1S/C29H50N2O/c1-22(2)14-18-30-17-9-10-19-31(20-15-23(3)4)21-25-24(5)11-12-26-28(6,7)27(32)13-16-29(25,26)8/h11,14-15,25-26,30H,9-10,12-13,16-21H2,1-8H3/t25-,26-,29+/m0/s1. The Morgan fingerprint density at radius 2 is 1.81 bits per heavy atom. The average molecular weight is 443 g/mol. The van der Waals surface area contributed by atoms with Crippen molar-refractivity contribution in [3.05, 3.63) is 34.9 Å². The van der Waals surface area contributed by atoms with Crippen LogP contribution in [0.3, 0.4) is 0 Å². The minimum atomic E-state index is -0.204. The van der Waals surface area contributed by atoms with E-state index < -0.39 is 0 Å². The van der Waals surface area contributed by atoms with Gasteiger partial charge in [0.25, 0.3) is 0 Å². The first-order valence-electron chi connectivity index (χ1n) is 12.9. The van der Waals surface area contributed by atoms with E-state index in [2.05, 4.69) is 83.8 Å². The lowest BCUT2D eigenvalue weighted by Gasteiger charge is -2.56. The number of allylic oxidation sites excluding steroid dienone is 3. The third-order valence-electron chi connectivity index (χ3n) is 8.23. The molecule has 182 valence electrons. The number of hydrogen-bond acceptors (Lipinski definition) is 3. The maximum Gasteiger partial charge on any atom is 0.138 e.